The van der Waals surface area contributed by atoms with Crippen LogP contribution in [-0.2, 0) is 22.4 Å². The summed E-state index contributed by atoms with van der Waals surface area (Å²) in [5, 5.41) is 0. The topological polar surface area (TPSA) is 68.3 Å². The first kappa shape index (κ1) is 27.7. The zero-order valence-electron chi connectivity index (χ0n) is 22.3. The number of carbonyl (C=O) groups excluding carboxylic acids is 4. The molecule has 4 nitrogen and oxygen atoms in total. The first-order valence-corrected chi connectivity index (χ1v) is 13.5. The summed E-state index contributed by atoms with van der Waals surface area (Å²) in [4.78, 5) is 50.2. The average molecular weight is 489 g/mol. The molecule has 0 aromatic heterocycles. The molecule has 4 heteroatoms. The summed E-state index contributed by atoms with van der Waals surface area (Å²) in [7, 11) is 0. The lowest BCUT2D eigenvalue weighted by Gasteiger charge is -2.32. The predicted molar refractivity (Wildman–Crippen MR) is 144 cm³/mol. The molecule has 3 unspecified atom stereocenters. The van der Waals surface area contributed by atoms with E-state index in [0.29, 0.717) is 19.3 Å². The van der Waals surface area contributed by atoms with Gasteiger partial charge in [0.2, 0.25) is 0 Å². The van der Waals surface area contributed by atoms with Gasteiger partial charge in [-0.25, -0.2) is 0 Å². The molecule has 1 aliphatic rings. The SMILES string of the molecule is CCCC(CC1CC(=O)c2c(ccc(CCC(=O)c3ccccc3)c2C)C1)C(CC)C(=O)CC(C)=O. The van der Waals surface area contributed by atoms with Crippen molar-refractivity contribution >= 4 is 23.1 Å². The third kappa shape index (κ3) is 6.87. The van der Waals surface area contributed by atoms with Gasteiger partial charge < -0.3 is 0 Å². The molecule has 3 rings (SSSR count). The Morgan fingerprint density at radius 3 is 2.36 bits per heavy atom. The third-order valence-electron chi connectivity index (χ3n) is 7.78. The van der Waals surface area contributed by atoms with E-state index in [1.807, 2.05) is 44.2 Å². The Hall–Kier alpha value is -2.88. The second kappa shape index (κ2) is 12.9. The van der Waals surface area contributed by atoms with Crippen molar-refractivity contribution in [2.75, 3.05) is 0 Å². The molecule has 36 heavy (non-hydrogen) atoms. The number of hydrogen-bond acceptors (Lipinski definition) is 4. The number of Topliss-reactive ketones (excluding diaryl/α,β-unsaturated/α-hetero) is 4. The molecular formula is C32H40O4. The molecule has 2 aromatic rings. The van der Waals surface area contributed by atoms with Gasteiger partial charge in [-0.15, -0.1) is 0 Å². The zero-order valence-corrected chi connectivity index (χ0v) is 22.3. The van der Waals surface area contributed by atoms with Crippen LogP contribution in [0.3, 0.4) is 0 Å². The molecular weight excluding hydrogens is 448 g/mol. The van der Waals surface area contributed by atoms with Crippen LogP contribution in [0.4, 0.5) is 0 Å². The maximum absolute atomic E-state index is 13.3. The average Bonchev–Trinajstić information content (AvgIpc) is 2.84. The highest BCUT2D eigenvalue weighted by molar-refractivity contribution is 6.01. The predicted octanol–water partition coefficient (Wildman–Crippen LogP) is 6.94. The van der Waals surface area contributed by atoms with Gasteiger partial charge in [0.15, 0.2) is 11.6 Å². The summed E-state index contributed by atoms with van der Waals surface area (Å²) in [5.74, 6) is 0.570. The molecule has 2 aromatic carbocycles. The molecule has 1 aliphatic carbocycles. The fraction of sp³-hybridized carbons (Fsp3) is 0.500. The quantitative estimate of drug-likeness (QED) is 0.226. The van der Waals surface area contributed by atoms with Crippen LogP contribution in [0.25, 0.3) is 0 Å². The molecule has 0 heterocycles. The first-order chi connectivity index (χ1) is 17.2. The van der Waals surface area contributed by atoms with Gasteiger partial charge in [0.05, 0.1) is 6.42 Å². The van der Waals surface area contributed by atoms with Crippen molar-refractivity contribution in [3.63, 3.8) is 0 Å². The van der Waals surface area contributed by atoms with Crippen molar-refractivity contribution in [2.24, 2.45) is 17.8 Å². The minimum Gasteiger partial charge on any atom is -0.300 e. The van der Waals surface area contributed by atoms with Crippen LogP contribution < -0.4 is 0 Å². The van der Waals surface area contributed by atoms with Gasteiger partial charge in [0, 0.05) is 29.9 Å². The van der Waals surface area contributed by atoms with E-state index in [2.05, 4.69) is 19.1 Å². The van der Waals surface area contributed by atoms with Crippen LogP contribution in [0, 0.1) is 24.7 Å². The molecule has 0 aliphatic heterocycles. The fourth-order valence-corrected chi connectivity index (χ4v) is 6.05. The van der Waals surface area contributed by atoms with Gasteiger partial charge in [-0.2, -0.15) is 0 Å². The van der Waals surface area contributed by atoms with Crippen molar-refractivity contribution < 1.29 is 19.2 Å². The van der Waals surface area contributed by atoms with E-state index in [1.54, 1.807) is 0 Å². The fourth-order valence-electron chi connectivity index (χ4n) is 6.05. The van der Waals surface area contributed by atoms with Crippen molar-refractivity contribution in [3.8, 4) is 0 Å². The Bertz CT molecular complexity index is 1100. The largest absolute Gasteiger partial charge is 0.300 e. The maximum atomic E-state index is 13.3. The molecule has 0 saturated carbocycles. The summed E-state index contributed by atoms with van der Waals surface area (Å²) in [6.07, 6.45) is 5.89. The molecule has 0 spiro atoms. The molecule has 0 N–H and O–H groups in total. The molecule has 192 valence electrons. The number of carbonyl (C=O) groups is 4. The Kier molecular flexibility index (Phi) is 9.92. The monoisotopic (exact) mass is 488 g/mol. The van der Waals surface area contributed by atoms with Gasteiger partial charge in [0.1, 0.15) is 11.6 Å². The lowest BCUT2D eigenvalue weighted by atomic mass is 9.72. The van der Waals surface area contributed by atoms with Gasteiger partial charge in [-0.1, -0.05) is 69.2 Å². The van der Waals surface area contributed by atoms with Crippen LogP contribution in [0.5, 0.6) is 0 Å². The molecule has 0 fully saturated rings. The Labute approximate surface area is 215 Å². The highest BCUT2D eigenvalue weighted by Crippen LogP contribution is 2.37. The Morgan fingerprint density at radius 2 is 1.72 bits per heavy atom. The maximum Gasteiger partial charge on any atom is 0.163 e. The second-order valence-corrected chi connectivity index (χ2v) is 10.5. The lowest BCUT2D eigenvalue weighted by molar-refractivity contribution is -0.129. The molecule has 0 saturated heterocycles. The number of fused-ring (bicyclic) bond motifs is 1. The number of rotatable bonds is 13. The molecule has 3 atom stereocenters. The Morgan fingerprint density at radius 1 is 1.00 bits per heavy atom. The van der Waals surface area contributed by atoms with E-state index in [1.165, 1.54) is 6.92 Å². The lowest BCUT2D eigenvalue weighted by Crippen LogP contribution is -2.30. The van der Waals surface area contributed by atoms with E-state index in [-0.39, 0.29) is 47.3 Å². The van der Waals surface area contributed by atoms with E-state index < -0.39 is 0 Å². The first-order valence-electron chi connectivity index (χ1n) is 13.5. The van der Waals surface area contributed by atoms with Gasteiger partial charge in [-0.05, 0) is 68.1 Å². The number of ketones is 4. The van der Waals surface area contributed by atoms with Crippen LogP contribution in [-0.4, -0.2) is 23.1 Å². The zero-order chi connectivity index (χ0) is 26.2. The number of hydrogen-bond donors (Lipinski definition) is 0. The van der Waals surface area contributed by atoms with E-state index in [4.69, 9.17) is 0 Å². The summed E-state index contributed by atoms with van der Waals surface area (Å²) >= 11 is 0. The van der Waals surface area contributed by atoms with Gasteiger partial charge in [0.25, 0.3) is 0 Å². The number of aryl methyl sites for hydroxylation is 1. The smallest absolute Gasteiger partial charge is 0.163 e. The third-order valence-corrected chi connectivity index (χ3v) is 7.78. The van der Waals surface area contributed by atoms with Crippen LogP contribution >= 0.6 is 0 Å². The van der Waals surface area contributed by atoms with Crippen molar-refractivity contribution in [2.45, 2.75) is 85.5 Å². The van der Waals surface area contributed by atoms with Crippen molar-refractivity contribution in [1.82, 2.24) is 0 Å². The van der Waals surface area contributed by atoms with Gasteiger partial charge in [-0.3, -0.25) is 19.2 Å². The van der Waals surface area contributed by atoms with Gasteiger partial charge >= 0.3 is 0 Å². The highest BCUT2D eigenvalue weighted by Gasteiger charge is 2.33. The molecule has 0 bridgehead atoms. The van der Waals surface area contributed by atoms with E-state index in [0.717, 1.165) is 59.9 Å². The highest BCUT2D eigenvalue weighted by atomic mass is 16.1. The summed E-state index contributed by atoms with van der Waals surface area (Å²) < 4.78 is 0. The summed E-state index contributed by atoms with van der Waals surface area (Å²) in [6, 6.07) is 13.5. The van der Waals surface area contributed by atoms with Crippen LogP contribution in [0.1, 0.15) is 103 Å². The molecule has 0 amide bonds. The molecule has 0 radical (unpaired) electrons. The van der Waals surface area contributed by atoms with Crippen molar-refractivity contribution in [1.29, 1.82) is 0 Å². The Balaban J connectivity index is 1.72. The van der Waals surface area contributed by atoms with E-state index >= 15 is 0 Å². The standard InChI is InChI=1S/C32H40O4/c1-5-10-26(28(6-2)30(35)17-21(3)33)18-23-19-27-14-13-24(22(4)32(27)31(36)20-23)15-16-29(34)25-11-8-7-9-12-25/h7-9,11-14,23,26,28H,5-6,10,15-20H2,1-4H3. The van der Waals surface area contributed by atoms with E-state index in [9.17, 15) is 19.2 Å². The van der Waals surface area contributed by atoms with Crippen molar-refractivity contribution in [3.05, 3.63) is 70.3 Å². The minimum atomic E-state index is -0.114. The van der Waals surface area contributed by atoms with Crippen LogP contribution in [0.2, 0.25) is 0 Å². The number of benzene rings is 2. The minimum absolute atomic E-state index is 0.0138. The normalized spacial score (nSPS) is 16.8. The summed E-state index contributed by atoms with van der Waals surface area (Å²) in [5.41, 5.74) is 4.72. The van der Waals surface area contributed by atoms with Crippen LogP contribution in [0.15, 0.2) is 42.5 Å². The second-order valence-electron chi connectivity index (χ2n) is 10.5. The summed E-state index contributed by atoms with van der Waals surface area (Å²) in [6.45, 7) is 7.64.